The molecule has 0 radical (unpaired) electrons. The maximum absolute atomic E-state index is 6.14. The van der Waals surface area contributed by atoms with Crippen molar-refractivity contribution in [2.24, 2.45) is 5.73 Å². The summed E-state index contributed by atoms with van der Waals surface area (Å²) >= 11 is 0. The number of nitrogens with zero attached hydrogens (tertiary/aromatic N) is 2. The topological polar surface area (TPSA) is 62.3 Å². The van der Waals surface area contributed by atoms with Gasteiger partial charge in [-0.1, -0.05) is 6.07 Å². The smallest absolute Gasteiger partial charge is 0.231 e. The van der Waals surface area contributed by atoms with Gasteiger partial charge in [0.05, 0.1) is 6.33 Å². The minimum atomic E-state index is -0.0845. The summed E-state index contributed by atoms with van der Waals surface area (Å²) in [5.41, 5.74) is 7.17. The van der Waals surface area contributed by atoms with Crippen molar-refractivity contribution in [2.75, 3.05) is 6.79 Å². The summed E-state index contributed by atoms with van der Waals surface area (Å²) in [6.45, 7) is 0.981. The van der Waals surface area contributed by atoms with E-state index in [0.29, 0.717) is 6.54 Å². The summed E-state index contributed by atoms with van der Waals surface area (Å²) in [6.07, 6.45) is 5.39. The Morgan fingerprint density at radius 3 is 3.06 bits per heavy atom. The molecule has 1 aliphatic rings. The average molecular weight is 231 g/mol. The molecular weight excluding hydrogens is 218 g/mol. The Morgan fingerprint density at radius 1 is 1.35 bits per heavy atom. The number of ether oxygens (including phenoxy) is 2. The molecule has 1 aliphatic heterocycles. The molecule has 2 aromatic rings. The number of benzene rings is 1. The second kappa shape index (κ2) is 4.10. The van der Waals surface area contributed by atoms with Gasteiger partial charge < -0.3 is 19.8 Å². The first-order valence-corrected chi connectivity index (χ1v) is 5.44. The Labute approximate surface area is 98.8 Å². The van der Waals surface area contributed by atoms with Crippen LogP contribution in [0.5, 0.6) is 11.5 Å². The highest BCUT2D eigenvalue weighted by molar-refractivity contribution is 5.45. The van der Waals surface area contributed by atoms with E-state index in [2.05, 4.69) is 4.98 Å². The lowest BCUT2D eigenvalue weighted by Crippen LogP contribution is -2.16. The summed E-state index contributed by atoms with van der Waals surface area (Å²) in [7, 11) is 0. The first-order chi connectivity index (χ1) is 8.33. The van der Waals surface area contributed by atoms with Crippen LogP contribution in [0, 0.1) is 0 Å². The molecule has 2 heterocycles. The molecule has 3 rings (SSSR count). The second-order valence-electron chi connectivity index (χ2n) is 3.98. The van der Waals surface area contributed by atoms with Crippen molar-refractivity contribution in [1.82, 2.24) is 9.55 Å². The lowest BCUT2D eigenvalue weighted by Gasteiger charge is -2.13. The van der Waals surface area contributed by atoms with Crippen molar-refractivity contribution >= 4 is 0 Å². The van der Waals surface area contributed by atoms with E-state index in [1.807, 2.05) is 29.0 Å². The second-order valence-corrected chi connectivity index (χ2v) is 3.98. The maximum atomic E-state index is 6.14. The molecule has 0 fully saturated rings. The molecule has 0 saturated heterocycles. The monoisotopic (exact) mass is 231 g/mol. The molecule has 0 aliphatic carbocycles. The number of nitrogens with two attached hydrogens (primary N) is 1. The molecular formula is C12H13N3O2. The number of hydrogen-bond donors (Lipinski definition) is 1. The highest BCUT2D eigenvalue weighted by Gasteiger charge is 2.15. The maximum Gasteiger partial charge on any atom is 0.231 e. The minimum Gasteiger partial charge on any atom is -0.454 e. The van der Waals surface area contributed by atoms with Gasteiger partial charge in [-0.2, -0.15) is 0 Å². The molecule has 0 saturated carbocycles. The predicted octanol–water partition coefficient (Wildman–Crippen LogP) is 1.31. The molecule has 1 atom stereocenters. The Kier molecular flexibility index (Phi) is 2.45. The molecule has 0 amide bonds. The molecule has 5 heteroatoms. The largest absolute Gasteiger partial charge is 0.454 e. The quantitative estimate of drug-likeness (QED) is 0.865. The van der Waals surface area contributed by atoms with Crippen LogP contribution in [0.2, 0.25) is 0 Å². The molecule has 2 N–H and O–H groups in total. The Bertz CT molecular complexity index is 510. The van der Waals surface area contributed by atoms with E-state index in [0.717, 1.165) is 17.1 Å². The molecule has 88 valence electrons. The fourth-order valence-electron chi connectivity index (χ4n) is 1.87. The fourth-order valence-corrected chi connectivity index (χ4v) is 1.87. The highest BCUT2D eigenvalue weighted by atomic mass is 16.7. The summed E-state index contributed by atoms with van der Waals surface area (Å²) in [4.78, 5) is 3.99. The van der Waals surface area contributed by atoms with Crippen molar-refractivity contribution in [2.45, 2.75) is 12.6 Å². The van der Waals surface area contributed by atoms with Crippen LogP contribution >= 0.6 is 0 Å². The third kappa shape index (κ3) is 1.97. The predicted molar refractivity (Wildman–Crippen MR) is 61.7 cm³/mol. The van der Waals surface area contributed by atoms with Crippen molar-refractivity contribution in [1.29, 1.82) is 0 Å². The molecule has 1 aromatic heterocycles. The van der Waals surface area contributed by atoms with Crippen molar-refractivity contribution in [3.63, 3.8) is 0 Å². The van der Waals surface area contributed by atoms with Crippen LogP contribution in [0.15, 0.2) is 36.9 Å². The molecule has 1 aromatic carbocycles. The van der Waals surface area contributed by atoms with E-state index >= 15 is 0 Å². The van der Waals surface area contributed by atoms with Gasteiger partial charge in [0.2, 0.25) is 6.79 Å². The third-order valence-corrected chi connectivity index (χ3v) is 2.79. The lowest BCUT2D eigenvalue weighted by atomic mass is 10.1. The molecule has 17 heavy (non-hydrogen) atoms. The van der Waals surface area contributed by atoms with Gasteiger partial charge in [-0.05, 0) is 17.7 Å². The van der Waals surface area contributed by atoms with Gasteiger partial charge in [0.25, 0.3) is 0 Å². The molecule has 1 unspecified atom stereocenters. The lowest BCUT2D eigenvalue weighted by molar-refractivity contribution is 0.174. The van der Waals surface area contributed by atoms with Crippen LogP contribution in [-0.4, -0.2) is 16.3 Å². The minimum absolute atomic E-state index is 0.0845. The standard InChI is InChI=1S/C12H13N3O2/c13-10(6-15-4-3-14-7-15)9-1-2-11-12(5-9)17-8-16-11/h1-5,7,10H,6,8,13H2. The van der Waals surface area contributed by atoms with Crippen LogP contribution in [0.4, 0.5) is 0 Å². The first kappa shape index (κ1) is 10.2. The number of aromatic nitrogens is 2. The number of rotatable bonds is 3. The van der Waals surface area contributed by atoms with Gasteiger partial charge >= 0.3 is 0 Å². The molecule has 0 spiro atoms. The average Bonchev–Trinajstić information content (AvgIpc) is 2.97. The van der Waals surface area contributed by atoms with Crippen molar-refractivity contribution in [3.05, 3.63) is 42.5 Å². The van der Waals surface area contributed by atoms with Crippen molar-refractivity contribution < 1.29 is 9.47 Å². The van der Waals surface area contributed by atoms with Gasteiger partial charge in [-0.3, -0.25) is 0 Å². The van der Waals surface area contributed by atoms with Crippen molar-refractivity contribution in [3.8, 4) is 11.5 Å². The summed E-state index contributed by atoms with van der Waals surface area (Å²) in [5, 5.41) is 0. The van der Waals surface area contributed by atoms with Crippen LogP contribution in [-0.2, 0) is 6.54 Å². The zero-order valence-corrected chi connectivity index (χ0v) is 9.24. The summed E-state index contributed by atoms with van der Waals surface area (Å²) < 4.78 is 12.5. The summed E-state index contributed by atoms with van der Waals surface area (Å²) in [6, 6.07) is 5.71. The van der Waals surface area contributed by atoms with E-state index in [1.54, 1.807) is 12.5 Å². The Morgan fingerprint density at radius 2 is 2.24 bits per heavy atom. The highest BCUT2D eigenvalue weighted by Crippen LogP contribution is 2.33. The van der Waals surface area contributed by atoms with Gasteiger partial charge in [-0.15, -0.1) is 0 Å². The molecule has 5 nitrogen and oxygen atoms in total. The van der Waals surface area contributed by atoms with Crippen LogP contribution < -0.4 is 15.2 Å². The third-order valence-electron chi connectivity index (χ3n) is 2.79. The molecule has 0 bridgehead atoms. The van der Waals surface area contributed by atoms with E-state index in [1.165, 1.54) is 0 Å². The van der Waals surface area contributed by atoms with E-state index in [4.69, 9.17) is 15.2 Å². The van der Waals surface area contributed by atoms with Gasteiger partial charge in [0.1, 0.15) is 0 Å². The van der Waals surface area contributed by atoms with E-state index in [-0.39, 0.29) is 12.8 Å². The van der Waals surface area contributed by atoms with Crippen LogP contribution in [0.3, 0.4) is 0 Å². The fraction of sp³-hybridized carbons (Fsp3) is 0.250. The number of fused-ring (bicyclic) bond motifs is 1. The van der Waals surface area contributed by atoms with Crippen LogP contribution in [0.25, 0.3) is 0 Å². The first-order valence-electron chi connectivity index (χ1n) is 5.44. The zero-order chi connectivity index (χ0) is 11.7. The number of imidazole rings is 1. The van der Waals surface area contributed by atoms with E-state index < -0.39 is 0 Å². The van der Waals surface area contributed by atoms with Gasteiger partial charge in [0, 0.05) is 25.0 Å². The number of hydrogen-bond acceptors (Lipinski definition) is 4. The SMILES string of the molecule is NC(Cn1ccnc1)c1ccc2c(c1)OCO2. The Hall–Kier alpha value is -2.01. The normalized spacial score (nSPS) is 14.9. The zero-order valence-electron chi connectivity index (χ0n) is 9.24. The van der Waals surface area contributed by atoms with Crippen LogP contribution in [0.1, 0.15) is 11.6 Å². The summed E-state index contributed by atoms with van der Waals surface area (Å²) in [5.74, 6) is 1.55. The van der Waals surface area contributed by atoms with Gasteiger partial charge in [0.15, 0.2) is 11.5 Å². The van der Waals surface area contributed by atoms with Gasteiger partial charge in [-0.25, -0.2) is 4.98 Å². The van der Waals surface area contributed by atoms with E-state index in [9.17, 15) is 0 Å². The Balaban J connectivity index is 1.79.